The maximum atomic E-state index is 12.6. The zero-order valence-corrected chi connectivity index (χ0v) is 19.0. The summed E-state index contributed by atoms with van der Waals surface area (Å²) in [5, 5.41) is 4.67. The predicted octanol–water partition coefficient (Wildman–Crippen LogP) is 5.41. The van der Waals surface area contributed by atoms with Crippen molar-refractivity contribution in [2.75, 3.05) is 25.3 Å². The van der Waals surface area contributed by atoms with E-state index < -0.39 is 0 Å². The van der Waals surface area contributed by atoms with Gasteiger partial charge >= 0.3 is 0 Å². The van der Waals surface area contributed by atoms with Crippen molar-refractivity contribution in [2.45, 2.75) is 11.9 Å². The summed E-state index contributed by atoms with van der Waals surface area (Å²) in [6.45, 7) is 1.87. The molecule has 0 radical (unpaired) electrons. The number of nitrogens with zero attached hydrogens (tertiary/aromatic N) is 2. The number of amides is 1. The molecule has 2 aromatic carbocycles. The lowest BCUT2D eigenvalue weighted by Crippen LogP contribution is -2.15. The van der Waals surface area contributed by atoms with Gasteiger partial charge in [0.2, 0.25) is 5.91 Å². The van der Waals surface area contributed by atoms with Gasteiger partial charge in [0.1, 0.15) is 27.2 Å². The first kappa shape index (κ1) is 21.1. The third-order valence-corrected chi connectivity index (χ3v) is 6.62. The molecule has 0 saturated carbocycles. The Kier molecular flexibility index (Phi) is 6.39. The molecular weight excluding hydrogens is 430 g/mol. The van der Waals surface area contributed by atoms with Crippen LogP contribution in [0.1, 0.15) is 5.82 Å². The number of benzene rings is 2. The zero-order chi connectivity index (χ0) is 21.8. The Morgan fingerprint density at radius 1 is 1.06 bits per heavy atom. The minimum absolute atomic E-state index is 0.142. The topological polar surface area (TPSA) is 73.3 Å². The lowest BCUT2D eigenvalue weighted by Gasteiger charge is -2.11. The van der Waals surface area contributed by atoms with E-state index in [9.17, 15) is 4.79 Å². The van der Waals surface area contributed by atoms with Gasteiger partial charge in [0.25, 0.3) is 0 Å². The molecule has 0 aliphatic carbocycles. The second kappa shape index (κ2) is 9.36. The van der Waals surface area contributed by atoms with Crippen LogP contribution in [0.15, 0.2) is 59.6 Å². The van der Waals surface area contributed by atoms with Crippen molar-refractivity contribution in [3.05, 3.63) is 60.4 Å². The van der Waals surface area contributed by atoms with Crippen molar-refractivity contribution >= 4 is 44.9 Å². The van der Waals surface area contributed by atoms with Crippen molar-refractivity contribution in [3.8, 4) is 21.9 Å². The molecule has 0 fully saturated rings. The quantitative estimate of drug-likeness (QED) is 0.299. The molecule has 158 valence electrons. The number of methoxy groups -OCH3 is 2. The fraction of sp³-hybridized carbons (Fsp3) is 0.174. The van der Waals surface area contributed by atoms with Crippen molar-refractivity contribution < 1.29 is 14.3 Å². The molecule has 1 N–H and O–H groups in total. The molecule has 4 aromatic rings. The van der Waals surface area contributed by atoms with Gasteiger partial charge in [-0.3, -0.25) is 4.79 Å². The molecule has 0 saturated heterocycles. The normalized spacial score (nSPS) is 10.8. The maximum Gasteiger partial charge on any atom is 0.234 e. The molecule has 2 heterocycles. The highest BCUT2D eigenvalue weighted by Gasteiger charge is 2.15. The fourth-order valence-corrected chi connectivity index (χ4v) is 5.07. The Labute approximate surface area is 188 Å². The fourth-order valence-electron chi connectivity index (χ4n) is 3.07. The number of aromatic nitrogens is 2. The van der Waals surface area contributed by atoms with Crippen LogP contribution >= 0.6 is 23.1 Å². The number of carbonyl (C=O) groups is 1. The number of hydrogen-bond donors (Lipinski definition) is 1. The number of rotatable bonds is 7. The molecule has 0 bridgehead atoms. The molecule has 31 heavy (non-hydrogen) atoms. The number of fused-ring (bicyclic) bond motifs is 1. The summed E-state index contributed by atoms with van der Waals surface area (Å²) in [5.41, 5.74) is 1.74. The Balaban J connectivity index is 1.52. The van der Waals surface area contributed by atoms with Crippen LogP contribution in [0.3, 0.4) is 0 Å². The molecule has 0 atom stereocenters. The number of thiophene rings is 1. The Morgan fingerprint density at radius 3 is 2.61 bits per heavy atom. The zero-order valence-electron chi connectivity index (χ0n) is 17.3. The number of nitrogens with one attached hydrogen (secondary N) is 1. The Bertz CT molecular complexity index is 1230. The van der Waals surface area contributed by atoms with E-state index in [2.05, 4.69) is 33.5 Å². The standard InChI is InChI=1S/C23H21N3O3S2/c1-14-24-22(17-12-20(31-23(17)25-14)15-7-5-4-6-8-15)30-13-21(27)26-18-10-9-16(28-2)11-19(18)29-3/h4-12H,13H2,1-3H3,(H,26,27). The second-order valence-electron chi connectivity index (χ2n) is 6.67. The van der Waals surface area contributed by atoms with Crippen LogP contribution in [0.25, 0.3) is 20.7 Å². The highest BCUT2D eigenvalue weighted by Crippen LogP contribution is 2.37. The summed E-state index contributed by atoms with van der Waals surface area (Å²) in [5.74, 6) is 1.97. The molecular formula is C23H21N3O3S2. The number of thioether (sulfide) groups is 1. The van der Waals surface area contributed by atoms with Crippen molar-refractivity contribution in [3.63, 3.8) is 0 Å². The molecule has 8 heteroatoms. The molecule has 0 unspecified atom stereocenters. The third kappa shape index (κ3) is 4.81. The van der Waals surface area contributed by atoms with Crippen molar-refractivity contribution in [2.24, 2.45) is 0 Å². The molecule has 0 aliphatic rings. The molecule has 2 aromatic heterocycles. The Morgan fingerprint density at radius 2 is 1.87 bits per heavy atom. The summed E-state index contributed by atoms with van der Waals surface area (Å²) < 4.78 is 10.5. The van der Waals surface area contributed by atoms with Crippen LogP contribution in [0, 0.1) is 6.92 Å². The van der Waals surface area contributed by atoms with Gasteiger partial charge in [-0.2, -0.15) is 0 Å². The SMILES string of the molecule is COc1ccc(NC(=O)CSc2nc(C)nc3sc(-c4ccccc4)cc23)c(OC)c1. The van der Waals surface area contributed by atoms with Gasteiger partial charge < -0.3 is 14.8 Å². The van der Waals surface area contributed by atoms with Crippen LogP contribution in [0.4, 0.5) is 5.69 Å². The number of ether oxygens (including phenoxy) is 2. The lowest BCUT2D eigenvalue weighted by molar-refractivity contribution is -0.113. The minimum atomic E-state index is -0.142. The molecule has 1 amide bonds. The van der Waals surface area contributed by atoms with E-state index in [4.69, 9.17) is 9.47 Å². The van der Waals surface area contributed by atoms with E-state index in [1.807, 2.05) is 25.1 Å². The second-order valence-corrected chi connectivity index (χ2v) is 8.67. The van der Waals surface area contributed by atoms with E-state index >= 15 is 0 Å². The largest absolute Gasteiger partial charge is 0.497 e. The van der Waals surface area contributed by atoms with Gasteiger partial charge in [-0.15, -0.1) is 11.3 Å². The highest BCUT2D eigenvalue weighted by molar-refractivity contribution is 8.00. The van der Waals surface area contributed by atoms with Gasteiger partial charge in [0.15, 0.2) is 0 Å². The van der Waals surface area contributed by atoms with E-state index in [1.165, 1.54) is 11.8 Å². The number of hydrogen-bond acceptors (Lipinski definition) is 7. The minimum Gasteiger partial charge on any atom is -0.497 e. The van der Waals surface area contributed by atoms with Crippen molar-refractivity contribution in [1.82, 2.24) is 9.97 Å². The number of aryl methyl sites for hydroxylation is 1. The van der Waals surface area contributed by atoms with Gasteiger partial charge in [-0.25, -0.2) is 9.97 Å². The van der Waals surface area contributed by atoms with Gasteiger partial charge in [-0.1, -0.05) is 42.1 Å². The summed E-state index contributed by atoms with van der Waals surface area (Å²) >= 11 is 3.03. The van der Waals surface area contributed by atoms with Crippen LogP contribution in [0.5, 0.6) is 11.5 Å². The highest BCUT2D eigenvalue weighted by atomic mass is 32.2. The summed E-state index contributed by atoms with van der Waals surface area (Å²) in [4.78, 5) is 23.8. The van der Waals surface area contributed by atoms with Crippen LogP contribution in [0.2, 0.25) is 0 Å². The first-order valence-corrected chi connectivity index (χ1v) is 11.4. The summed E-state index contributed by atoms with van der Waals surface area (Å²) in [6.07, 6.45) is 0. The monoisotopic (exact) mass is 451 g/mol. The molecule has 6 nitrogen and oxygen atoms in total. The first-order chi connectivity index (χ1) is 15.1. The van der Waals surface area contributed by atoms with Crippen LogP contribution < -0.4 is 14.8 Å². The maximum absolute atomic E-state index is 12.6. The summed E-state index contributed by atoms with van der Waals surface area (Å²) in [6, 6.07) is 17.6. The summed E-state index contributed by atoms with van der Waals surface area (Å²) in [7, 11) is 3.14. The number of carbonyl (C=O) groups excluding carboxylic acids is 1. The van der Waals surface area contributed by atoms with Crippen molar-refractivity contribution in [1.29, 1.82) is 0 Å². The lowest BCUT2D eigenvalue weighted by atomic mass is 10.2. The predicted molar refractivity (Wildman–Crippen MR) is 126 cm³/mol. The average molecular weight is 452 g/mol. The van der Waals surface area contributed by atoms with Gasteiger partial charge in [-0.05, 0) is 30.7 Å². The van der Waals surface area contributed by atoms with E-state index in [0.29, 0.717) is 23.0 Å². The van der Waals surface area contributed by atoms with Crippen LogP contribution in [-0.2, 0) is 4.79 Å². The number of anilines is 1. The van der Waals surface area contributed by atoms with E-state index in [1.54, 1.807) is 43.8 Å². The van der Waals surface area contributed by atoms with Crippen LogP contribution in [-0.4, -0.2) is 35.8 Å². The third-order valence-electron chi connectivity index (χ3n) is 4.55. The van der Waals surface area contributed by atoms with Gasteiger partial charge in [0, 0.05) is 16.3 Å². The molecule has 4 rings (SSSR count). The first-order valence-electron chi connectivity index (χ1n) is 9.55. The Hall–Kier alpha value is -3.10. The average Bonchev–Trinajstić information content (AvgIpc) is 3.22. The van der Waals surface area contributed by atoms with E-state index in [-0.39, 0.29) is 11.7 Å². The molecule has 0 aliphatic heterocycles. The smallest absolute Gasteiger partial charge is 0.234 e. The van der Waals surface area contributed by atoms with E-state index in [0.717, 1.165) is 25.7 Å². The molecule has 0 spiro atoms. The van der Waals surface area contributed by atoms with Gasteiger partial charge in [0.05, 0.1) is 25.7 Å².